The van der Waals surface area contributed by atoms with E-state index in [1.165, 1.54) is 43.2 Å². The topological polar surface area (TPSA) is 26.0 Å². The number of aryl methyl sites for hydroxylation is 1. The molecule has 1 atom stereocenters. The highest BCUT2D eigenvalue weighted by atomic mass is 14.6. The van der Waals surface area contributed by atoms with Crippen LogP contribution >= 0.6 is 0 Å². The number of nitrogens with two attached hydrogens (primary N) is 1. The molecule has 0 spiro atoms. The van der Waals surface area contributed by atoms with Crippen molar-refractivity contribution in [3.63, 3.8) is 0 Å². The van der Waals surface area contributed by atoms with E-state index in [0.29, 0.717) is 0 Å². The first kappa shape index (κ1) is 11.7. The summed E-state index contributed by atoms with van der Waals surface area (Å²) in [5.74, 6) is 0.876. The molecule has 1 saturated carbocycles. The van der Waals surface area contributed by atoms with Crippen LogP contribution in [-0.2, 0) is 6.42 Å². The van der Waals surface area contributed by atoms with Gasteiger partial charge in [-0.25, -0.2) is 0 Å². The molecule has 0 aromatic heterocycles. The molecule has 0 saturated heterocycles. The summed E-state index contributed by atoms with van der Waals surface area (Å²) < 4.78 is 0. The van der Waals surface area contributed by atoms with Gasteiger partial charge >= 0.3 is 0 Å². The summed E-state index contributed by atoms with van der Waals surface area (Å²) in [7, 11) is 0. The first-order valence-electron chi connectivity index (χ1n) is 6.64. The van der Waals surface area contributed by atoms with E-state index >= 15 is 0 Å². The van der Waals surface area contributed by atoms with E-state index in [1.807, 2.05) is 0 Å². The number of rotatable bonds is 4. The second-order valence-electron chi connectivity index (χ2n) is 5.09. The maximum absolute atomic E-state index is 6.27. The van der Waals surface area contributed by atoms with Gasteiger partial charge in [0, 0.05) is 6.04 Å². The minimum atomic E-state index is 0.244. The van der Waals surface area contributed by atoms with Crippen LogP contribution in [0.1, 0.15) is 56.2 Å². The van der Waals surface area contributed by atoms with Crippen molar-refractivity contribution < 1.29 is 0 Å². The number of benzene rings is 1. The molecule has 1 nitrogen and oxygen atoms in total. The second-order valence-corrected chi connectivity index (χ2v) is 5.09. The molecule has 1 aliphatic rings. The SMILES string of the molecule is CCc1ccc(C(N)CC2CCCC2)cc1. The minimum Gasteiger partial charge on any atom is -0.324 e. The summed E-state index contributed by atoms with van der Waals surface area (Å²) >= 11 is 0. The molecule has 0 heterocycles. The lowest BCUT2D eigenvalue weighted by atomic mass is 9.93. The third-order valence-corrected chi connectivity index (χ3v) is 3.88. The summed E-state index contributed by atoms with van der Waals surface area (Å²) in [6.45, 7) is 2.19. The summed E-state index contributed by atoms with van der Waals surface area (Å²) in [6, 6.07) is 9.08. The molecule has 2 rings (SSSR count). The van der Waals surface area contributed by atoms with Gasteiger partial charge in [-0.3, -0.25) is 0 Å². The molecule has 2 N–H and O–H groups in total. The van der Waals surface area contributed by atoms with Gasteiger partial charge in [-0.15, -0.1) is 0 Å². The Bertz CT molecular complexity index is 309. The van der Waals surface area contributed by atoms with Crippen molar-refractivity contribution in [2.75, 3.05) is 0 Å². The third kappa shape index (κ3) is 2.85. The van der Waals surface area contributed by atoms with Gasteiger partial charge in [-0.05, 0) is 29.9 Å². The maximum Gasteiger partial charge on any atom is 0.0297 e. The van der Waals surface area contributed by atoms with Crippen molar-refractivity contribution in [3.05, 3.63) is 35.4 Å². The van der Waals surface area contributed by atoms with Crippen LogP contribution in [0.15, 0.2) is 24.3 Å². The summed E-state index contributed by atoms with van der Waals surface area (Å²) in [5, 5.41) is 0. The molecule has 1 aromatic rings. The highest BCUT2D eigenvalue weighted by Crippen LogP contribution is 2.31. The molecule has 1 heteroatoms. The smallest absolute Gasteiger partial charge is 0.0297 e. The summed E-state index contributed by atoms with van der Waals surface area (Å²) in [4.78, 5) is 0. The molecule has 16 heavy (non-hydrogen) atoms. The van der Waals surface area contributed by atoms with Crippen LogP contribution in [-0.4, -0.2) is 0 Å². The van der Waals surface area contributed by atoms with Gasteiger partial charge in [-0.1, -0.05) is 56.9 Å². The lowest BCUT2D eigenvalue weighted by Crippen LogP contribution is -2.14. The molecule has 0 bridgehead atoms. The Labute approximate surface area is 99.0 Å². The third-order valence-electron chi connectivity index (χ3n) is 3.88. The van der Waals surface area contributed by atoms with Crippen molar-refractivity contribution in [2.24, 2.45) is 11.7 Å². The molecular weight excluding hydrogens is 194 g/mol. The van der Waals surface area contributed by atoms with Gasteiger partial charge in [0.05, 0.1) is 0 Å². The van der Waals surface area contributed by atoms with Crippen molar-refractivity contribution in [2.45, 2.75) is 51.5 Å². The largest absolute Gasteiger partial charge is 0.324 e. The Kier molecular flexibility index (Phi) is 4.00. The molecule has 1 fully saturated rings. The van der Waals surface area contributed by atoms with Gasteiger partial charge in [0.25, 0.3) is 0 Å². The standard InChI is InChI=1S/C15H23N/c1-2-12-7-9-14(10-8-12)15(16)11-13-5-3-4-6-13/h7-10,13,15H,2-6,11,16H2,1H3. The van der Waals surface area contributed by atoms with Crippen molar-refractivity contribution in [3.8, 4) is 0 Å². The fourth-order valence-electron chi connectivity index (χ4n) is 2.74. The van der Waals surface area contributed by atoms with Crippen molar-refractivity contribution >= 4 is 0 Å². The van der Waals surface area contributed by atoms with E-state index in [2.05, 4.69) is 31.2 Å². The second kappa shape index (κ2) is 5.49. The van der Waals surface area contributed by atoms with E-state index in [4.69, 9.17) is 5.73 Å². The number of hydrogen-bond donors (Lipinski definition) is 1. The summed E-state index contributed by atoms with van der Waals surface area (Å²) in [6.07, 6.45) is 7.88. The van der Waals surface area contributed by atoms with Gasteiger partial charge in [0.2, 0.25) is 0 Å². The normalized spacial score (nSPS) is 18.9. The van der Waals surface area contributed by atoms with Crippen LogP contribution in [0.25, 0.3) is 0 Å². The quantitative estimate of drug-likeness (QED) is 0.815. The average Bonchev–Trinajstić information content (AvgIpc) is 2.82. The van der Waals surface area contributed by atoms with Crippen LogP contribution in [0, 0.1) is 5.92 Å². The van der Waals surface area contributed by atoms with Crippen LogP contribution in [0.4, 0.5) is 0 Å². The van der Waals surface area contributed by atoms with Crippen molar-refractivity contribution in [1.82, 2.24) is 0 Å². The Morgan fingerprint density at radius 2 is 1.81 bits per heavy atom. The molecule has 0 radical (unpaired) electrons. The monoisotopic (exact) mass is 217 g/mol. The van der Waals surface area contributed by atoms with Crippen LogP contribution < -0.4 is 5.73 Å². The highest BCUT2D eigenvalue weighted by Gasteiger charge is 2.18. The molecule has 1 aliphatic carbocycles. The van der Waals surface area contributed by atoms with Crippen LogP contribution in [0.5, 0.6) is 0 Å². The van der Waals surface area contributed by atoms with E-state index in [9.17, 15) is 0 Å². The van der Waals surface area contributed by atoms with E-state index in [0.717, 1.165) is 12.3 Å². The molecule has 88 valence electrons. The molecule has 0 aliphatic heterocycles. The van der Waals surface area contributed by atoms with E-state index in [1.54, 1.807) is 0 Å². The van der Waals surface area contributed by atoms with Gasteiger partial charge < -0.3 is 5.73 Å². The zero-order chi connectivity index (χ0) is 11.4. The predicted octanol–water partition coefficient (Wildman–Crippen LogP) is 3.83. The molecular formula is C15H23N. The molecule has 1 aromatic carbocycles. The Morgan fingerprint density at radius 1 is 1.19 bits per heavy atom. The fraction of sp³-hybridized carbons (Fsp3) is 0.600. The Hall–Kier alpha value is -0.820. The average molecular weight is 217 g/mol. The lowest BCUT2D eigenvalue weighted by Gasteiger charge is -2.16. The van der Waals surface area contributed by atoms with E-state index in [-0.39, 0.29) is 6.04 Å². The highest BCUT2D eigenvalue weighted by molar-refractivity contribution is 5.24. The Balaban J connectivity index is 1.94. The zero-order valence-electron chi connectivity index (χ0n) is 10.3. The summed E-state index contributed by atoms with van der Waals surface area (Å²) in [5.41, 5.74) is 8.98. The van der Waals surface area contributed by atoms with Gasteiger partial charge in [0.15, 0.2) is 0 Å². The lowest BCUT2D eigenvalue weighted by molar-refractivity contribution is 0.451. The van der Waals surface area contributed by atoms with Gasteiger partial charge in [0.1, 0.15) is 0 Å². The van der Waals surface area contributed by atoms with E-state index < -0.39 is 0 Å². The number of hydrogen-bond acceptors (Lipinski definition) is 1. The van der Waals surface area contributed by atoms with Crippen molar-refractivity contribution in [1.29, 1.82) is 0 Å². The zero-order valence-corrected chi connectivity index (χ0v) is 10.3. The first-order valence-corrected chi connectivity index (χ1v) is 6.64. The van der Waals surface area contributed by atoms with Crippen LogP contribution in [0.3, 0.4) is 0 Å². The molecule has 1 unspecified atom stereocenters. The minimum absolute atomic E-state index is 0.244. The first-order chi connectivity index (χ1) is 7.79. The molecule has 0 amide bonds. The Morgan fingerprint density at radius 3 is 2.38 bits per heavy atom. The van der Waals surface area contributed by atoms with Gasteiger partial charge in [-0.2, -0.15) is 0 Å². The maximum atomic E-state index is 6.27. The van der Waals surface area contributed by atoms with Crippen LogP contribution in [0.2, 0.25) is 0 Å². The predicted molar refractivity (Wildman–Crippen MR) is 69.3 cm³/mol. The fourth-order valence-corrected chi connectivity index (χ4v) is 2.74.